The van der Waals surface area contributed by atoms with Gasteiger partial charge in [0.15, 0.2) is 0 Å². The number of hydrogen-bond donors (Lipinski definition) is 1. The largest absolute Gasteiger partial charge is 0.337 e. The highest BCUT2D eigenvalue weighted by Crippen LogP contribution is 2.35. The highest BCUT2D eigenvalue weighted by atomic mass is 32.2. The zero-order valence-electron chi connectivity index (χ0n) is 17.4. The molecule has 0 aliphatic carbocycles. The Kier molecular flexibility index (Phi) is 5.95. The van der Waals surface area contributed by atoms with Crippen molar-refractivity contribution in [3.05, 3.63) is 71.3 Å². The molecule has 1 atom stereocenters. The van der Waals surface area contributed by atoms with Crippen molar-refractivity contribution in [2.24, 2.45) is 0 Å². The van der Waals surface area contributed by atoms with Gasteiger partial charge in [-0.3, -0.25) is 19.3 Å². The van der Waals surface area contributed by atoms with Gasteiger partial charge in [-0.1, -0.05) is 43.3 Å². The predicted octanol–water partition coefficient (Wildman–Crippen LogP) is 5.11. The summed E-state index contributed by atoms with van der Waals surface area (Å²) in [6.45, 7) is 3.96. The first-order valence-corrected chi connectivity index (χ1v) is 11.0. The number of carbonyl (C=O) groups excluding carboxylic acids is 3. The third kappa shape index (κ3) is 4.27. The van der Waals surface area contributed by atoms with Crippen molar-refractivity contribution in [1.82, 2.24) is 9.47 Å². The molecular formula is C24H23N3O3S. The molecule has 3 amide bonds. The average molecular weight is 434 g/mol. The predicted molar refractivity (Wildman–Crippen MR) is 125 cm³/mol. The molecule has 1 aromatic heterocycles. The molecule has 0 saturated carbocycles. The molecule has 1 aliphatic rings. The number of fused-ring (bicyclic) bond motifs is 1. The van der Waals surface area contributed by atoms with Crippen molar-refractivity contribution in [3.63, 3.8) is 0 Å². The summed E-state index contributed by atoms with van der Waals surface area (Å²) in [5, 5.41) is 3.57. The smallest absolute Gasteiger partial charge is 0.293 e. The van der Waals surface area contributed by atoms with Crippen molar-refractivity contribution in [2.45, 2.75) is 32.9 Å². The lowest BCUT2D eigenvalue weighted by Gasteiger charge is -2.19. The Labute approximate surface area is 184 Å². The fourth-order valence-corrected chi connectivity index (χ4v) is 4.50. The number of benzene rings is 2. The second-order valence-corrected chi connectivity index (χ2v) is 8.45. The lowest BCUT2D eigenvalue weighted by atomic mass is 10.1. The third-order valence-corrected chi connectivity index (χ3v) is 6.22. The van der Waals surface area contributed by atoms with Crippen molar-refractivity contribution in [2.75, 3.05) is 5.32 Å². The molecule has 2 aromatic carbocycles. The lowest BCUT2D eigenvalue weighted by molar-refractivity contribution is -0.124. The average Bonchev–Trinajstić information content (AvgIpc) is 3.25. The Morgan fingerprint density at radius 1 is 1.10 bits per heavy atom. The molecule has 0 spiro atoms. The zero-order valence-corrected chi connectivity index (χ0v) is 18.2. The van der Waals surface area contributed by atoms with Crippen LogP contribution < -0.4 is 5.32 Å². The van der Waals surface area contributed by atoms with Gasteiger partial charge in [0.2, 0.25) is 5.91 Å². The van der Waals surface area contributed by atoms with Crippen LogP contribution in [0.15, 0.2) is 65.7 Å². The molecule has 4 rings (SSSR count). The minimum Gasteiger partial charge on any atom is -0.337 e. The van der Waals surface area contributed by atoms with Crippen LogP contribution in [0.2, 0.25) is 0 Å². The Hall–Kier alpha value is -3.32. The molecule has 2 heterocycles. The van der Waals surface area contributed by atoms with E-state index in [4.69, 9.17) is 0 Å². The van der Waals surface area contributed by atoms with Gasteiger partial charge >= 0.3 is 0 Å². The fourth-order valence-electron chi connectivity index (χ4n) is 3.58. The van der Waals surface area contributed by atoms with Gasteiger partial charge in [-0.2, -0.15) is 0 Å². The van der Waals surface area contributed by atoms with Crippen LogP contribution in [0.3, 0.4) is 0 Å². The highest BCUT2D eigenvalue weighted by molar-refractivity contribution is 8.18. The van der Waals surface area contributed by atoms with Crippen LogP contribution in [0.5, 0.6) is 0 Å². The van der Waals surface area contributed by atoms with E-state index in [1.807, 2.05) is 79.2 Å². The van der Waals surface area contributed by atoms with Crippen LogP contribution in [0.25, 0.3) is 17.0 Å². The minimum absolute atomic E-state index is 0.137. The first kappa shape index (κ1) is 20.9. The molecular weight excluding hydrogens is 410 g/mol. The monoisotopic (exact) mass is 433 g/mol. The number of nitrogens with zero attached hydrogens (tertiary/aromatic N) is 2. The molecule has 0 radical (unpaired) electrons. The number of aromatic nitrogens is 1. The Morgan fingerprint density at radius 2 is 1.81 bits per heavy atom. The SMILES string of the molecule is CC[C@H](C)N1C(=O)S/C(=C/c2cn(CC(=O)Nc3ccccc3)c3ccccc23)C1=O. The molecule has 31 heavy (non-hydrogen) atoms. The van der Waals surface area contributed by atoms with Gasteiger partial charge < -0.3 is 9.88 Å². The Balaban J connectivity index is 1.63. The number of anilines is 1. The molecule has 158 valence electrons. The zero-order chi connectivity index (χ0) is 22.0. The van der Waals surface area contributed by atoms with Gasteiger partial charge in [-0.25, -0.2) is 0 Å². The second-order valence-electron chi connectivity index (χ2n) is 7.45. The molecule has 0 unspecified atom stereocenters. The van der Waals surface area contributed by atoms with E-state index in [-0.39, 0.29) is 29.6 Å². The number of hydrogen-bond acceptors (Lipinski definition) is 4. The van der Waals surface area contributed by atoms with E-state index in [0.717, 1.165) is 33.9 Å². The van der Waals surface area contributed by atoms with Gasteiger partial charge in [-0.15, -0.1) is 0 Å². The number of rotatable bonds is 6. The molecule has 3 aromatic rings. The minimum atomic E-state index is -0.261. The topological polar surface area (TPSA) is 71.4 Å². The summed E-state index contributed by atoms with van der Waals surface area (Å²) >= 11 is 0.964. The number of carbonyl (C=O) groups is 3. The van der Waals surface area contributed by atoms with Crippen molar-refractivity contribution >= 4 is 51.5 Å². The molecule has 7 heteroatoms. The number of amides is 3. The quantitative estimate of drug-likeness (QED) is 0.548. The standard InChI is InChI=1S/C24H23N3O3S/c1-3-16(2)27-23(29)21(31-24(27)30)13-17-14-26(20-12-8-7-11-19(17)20)15-22(28)25-18-9-5-4-6-10-18/h4-14,16H,3,15H2,1-2H3,(H,25,28)/b21-13+/t16-/m0/s1. The van der Waals surface area contributed by atoms with Gasteiger partial charge in [0.25, 0.3) is 11.1 Å². The first-order chi connectivity index (χ1) is 15.0. The molecule has 1 aliphatic heterocycles. The number of para-hydroxylation sites is 2. The molecule has 1 saturated heterocycles. The van der Waals surface area contributed by atoms with Gasteiger partial charge in [0.1, 0.15) is 6.54 Å². The van der Waals surface area contributed by atoms with E-state index in [2.05, 4.69) is 5.32 Å². The molecule has 1 fully saturated rings. The van der Waals surface area contributed by atoms with Gasteiger partial charge in [0, 0.05) is 34.4 Å². The van der Waals surface area contributed by atoms with Crippen molar-refractivity contribution < 1.29 is 14.4 Å². The summed E-state index contributed by atoms with van der Waals surface area (Å²) in [5.74, 6) is -0.404. The summed E-state index contributed by atoms with van der Waals surface area (Å²) in [7, 11) is 0. The van der Waals surface area contributed by atoms with Gasteiger partial charge in [0.05, 0.1) is 4.91 Å². The van der Waals surface area contributed by atoms with E-state index in [0.29, 0.717) is 11.3 Å². The third-order valence-electron chi connectivity index (χ3n) is 5.33. The molecule has 1 N–H and O–H groups in total. The number of nitrogens with one attached hydrogen (secondary N) is 1. The summed E-state index contributed by atoms with van der Waals surface area (Å²) in [5.41, 5.74) is 2.43. The Morgan fingerprint density at radius 3 is 2.55 bits per heavy atom. The van der Waals surface area contributed by atoms with Crippen molar-refractivity contribution in [1.29, 1.82) is 0 Å². The molecule has 0 bridgehead atoms. The van der Waals surface area contributed by atoms with E-state index in [9.17, 15) is 14.4 Å². The summed E-state index contributed by atoms with van der Waals surface area (Å²) in [6.07, 6.45) is 4.31. The van der Waals surface area contributed by atoms with Crippen molar-refractivity contribution in [3.8, 4) is 0 Å². The van der Waals surface area contributed by atoms with Crippen LogP contribution in [-0.2, 0) is 16.1 Å². The van der Waals surface area contributed by atoms with Crippen LogP contribution in [0.1, 0.15) is 25.8 Å². The van der Waals surface area contributed by atoms with E-state index >= 15 is 0 Å². The number of thioether (sulfide) groups is 1. The molecule has 6 nitrogen and oxygen atoms in total. The van der Waals surface area contributed by atoms with Crippen LogP contribution in [0, 0.1) is 0 Å². The maximum absolute atomic E-state index is 12.8. The summed E-state index contributed by atoms with van der Waals surface area (Å²) < 4.78 is 1.86. The van der Waals surface area contributed by atoms with Crippen LogP contribution >= 0.6 is 11.8 Å². The van der Waals surface area contributed by atoms with Crippen LogP contribution in [-0.4, -0.2) is 32.6 Å². The Bertz CT molecular complexity index is 1180. The second kappa shape index (κ2) is 8.81. The van der Waals surface area contributed by atoms with E-state index in [1.165, 1.54) is 4.90 Å². The fraction of sp³-hybridized carbons (Fsp3) is 0.208. The lowest BCUT2D eigenvalue weighted by Crippen LogP contribution is -2.36. The van der Waals surface area contributed by atoms with Gasteiger partial charge in [-0.05, 0) is 49.4 Å². The summed E-state index contributed by atoms with van der Waals surface area (Å²) in [4.78, 5) is 39.4. The van der Waals surface area contributed by atoms with E-state index < -0.39 is 0 Å². The maximum Gasteiger partial charge on any atom is 0.293 e. The number of imide groups is 1. The van der Waals surface area contributed by atoms with Crippen LogP contribution in [0.4, 0.5) is 10.5 Å². The normalized spacial score (nSPS) is 16.3. The first-order valence-electron chi connectivity index (χ1n) is 10.2. The highest BCUT2D eigenvalue weighted by Gasteiger charge is 2.37. The summed E-state index contributed by atoms with van der Waals surface area (Å²) in [6, 6.07) is 16.9. The maximum atomic E-state index is 12.8. The van der Waals surface area contributed by atoms with E-state index in [1.54, 1.807) is 6.08 Å².